The van der Waals surface area contributed by atoms with E-state index in [4.69, 9.17) is 22.1 Å². The van der Waals surface area contributed by atoms with E-state index < -0.39 is 11.8 Å². The zero-order chi connectivity index (χ0) is 21.6. The predicted octanol–water partition coefficient (Wildman–Crippen LogP) is 5.16. The molecule has 2 aromatic rings. The van der Waals surface area contributed by atoms with E-state index in [9.17, 15) is 5.11 Å². The molecule has 0 radical (unpaired) electrons. The van der Waals surface area contributed by atoms with Crippen LogP contribution in [0.3, 0.4) is 0 Å². The molecular formula is C22H23ClN6O. The third kappa shape index (κ3) is 4.39. The summed E-state index contributed by atoms with van der Waals surface area (Å²) in [4.78, 5) is 13.7. The SMILES string of the molecule is C/C=C\C=NC1=NC(c2ccc(C)cc2)C(O)(c2ccc(Cl)cc2)N1CCN=[N+]=[N-]. The number of nitrogens with zero attached hydrogens (tertiary/aromatic N) is 6. The fourth-order valence-corrected chi connectivity index (χ4v) is 3.52. The molecule has 0 saturated carbocycles. The van der Waals surface area contributed by atoms with E-state index in [1.165, 1.54) is 0 Å². The number of allylic oxidation sites excluding steroid dienone is 2. The highest BCUT2D eigenvalue weighted by Gasteiger charge is 2.51. The minimum Gasteiger partial charge on any atom is -0.365 e. The third-order valence-electron chi connectivity index (χ3n) is 4.90. The lowest BCUT2D eigenvalue weighted by molar-refractivity contribution is -0.0832. The van der Waals surface area contributed by atoms with E-state index in [1.807, 2.05) is 44.2 Å². The molecule has 0 spiro atoms. The lowest BCUT2D eigenvalue weighted by Crippen LogP contribution is -2.48. The van der Waals surface area contributed by atoms with E-state index in [0.29, 0.717) is 16.5 Å². The molecule has 0 amide bonds. The number of azide groups is 1. The molecule has 3 rings (SSSR count). The van der Waals surface area contributed by atoms with Gasteiger partial charge in [-0.2, -0.15) is 0 Å². The second kappa shape index (κ2) is 9.59. The Hall–Kier alpha value is -3.12. The molecule has 1 aliphatic rings. The van der Waals surface area contributed by atoms with Gasteiger partial charge in [-0.25, -0.2) is 9.98 Å². The van der Waals surface area contributed by atoms with Gasteiger partial charge >= 0.3 is 0 Å². The molecule has 1 heterocycles. The maximum absolute atomic E-state index is 12.1. The van der Waals surface area contributed by atoms with Crippen LogP contribution in [0, 0.1) is 6.92 Å². The zero-order valence-corrected chi connectivity index (χ0v) is 17.6. The zero-order valence-electron chi connectivity index (χ0n) is 16.9. The van der Waals surface area contributed by atoms with Crippen molar-refractivity contribution in [3.8, 4) is 0 Å². The van der Waals surface area contributed by atoms with Crippen LogP contribution in [0.2, 0.25) is 5.02 Å². The van der Waals surface area contributed by atoms with Crippen molar-refractivity contribution >= 4 is 23.8 Å². The molecule has 0 fully saturated rings. The van der Waals surface area contributed by atoms with E-state index in [-0.39, 0.29) is 13.1 Å². The second-order valence-electron chi connectivity index (χ2n) is 6.89. The number of hydrogen-bond donors (Lipinski definition) is 1. The molecule has 7 nitrogen and oxygen atoms in total. The molecule has 1 N–H and O–H groups in total. The number of rotatable bonds is 6. The summed E-state index contributed by atoms with van der Waals surface area (Å²) in [6, 6.07) is 14.3. The first-order valence-corrected chi connectivity index (χ1v) is 9.95. The Morgan fingerprint density at radius 1 is 1.23 bits per heavy atom. The van der Waals surface area contributed by atoms with Gasteiger partial charge in [0.1, 0.15) is 6.04 Å². The monoisotopic (exact) mass is 422 g/mol. The molecule has 0 saturated heterocycles. The van der Waals surface area contributed by atoms with Crippen LogP contribution in [-0.2, 0) is 5.72 Å². The fourth-order valence-electron chi connectivity index (χ4n) is 3.40. The number of halogens is 1. The number of guanidine groups is 1. The van der Waals surface area contributed by atoms with Gasteiger partial charge in [-0.15, -0.1) is 0 Å². The molecule has 0 bridgehead atoms. The van der Waals surface area contributed by atoms with E-state index >= 15 is 0 Å². The molecule has 2 unspecified atom stereocenters. The van der Waals surface area contributed by atoms with Gasteiger partial charge in [-0.05, 0) is 43.2 Å². The Labute approximate surface area is 180 Å². The summed E-state index contributed by atoms with van der Waals surface area (Å²) in [5.41, 5.74) is 9.77. The Morgan fingerprint density at radius 3 is 2.57 bits per heavy atom. The van der Waals surface area contributed by atoms with Gasteiger partial charge in [0.25, 0.3) is 0 Å². The van der Waals surface area contributed by atoms with Crippen LogP contribution < -0.4 is 0 Å². The summed E-state index contributed by atoms with van der Waals surface area (Å²) in [7, 11) is 0. The first-order valence-electron chi connectivity index (χ1n) is 9.57. The smallest absolute Gasteiger partial charge is 0.224 e. The number of aliphatic imine (C=N–C) groups is 2. The van der Waals surface area contributed by atoms with Gasteiger partial charge in [0, 0.05) is 34.8 Å². The summed E-state index contributed by atoms with van der Waals surface area (Å²) in [6.07, 6.45) is 5.26. The highest BCUT2D eigenvalue weighted by atomic mass is 35.5. The Balaban J connectivity index is 2.15. The third-order valence-corrected chi connectivity index (χ3v) is 5.15. The minimum atomic E-state index is -1.52. The molecule has 1 aliphatic heterocycles. The molecule has 2 aromatic carbocycles. The van der Waals surface area contributed by atoms with Crippen LogP contribution in [0.4, 0.5) is 0 Å². The Morgan fingerprint density at radius 2 is 1.93 bits per heavy atom. The van der Waals surface area contributed by atoms with Crippen LogP contribution in [0.1, 0.15) is 29.7 Å². The lowest BCUT2D eigenvalue weighted by Gasteiger charge is -2.38. The van der Waals surface area contributed by atoms with Crippen molar-refractivity contribution in [1.82, 2.24) is 4.90 Å². The van der Waals surface area contributed by atoms with Gasteiger partial charge in [0.15, 0.2) is 5.72 Å². The van der Waals surface area contributed by atoms with Gasteiger partial charge in [-0.1, -0.05) is 64.8 Å². The first kappa shape index (κ1) is 21.6. The summed E-state index contributed by atoms with van der Waals surface area (Å²) < 4.78 is 0. The van der Waals surface area contributed by atoms with E-state index in [2.05, 4.69) is 15.0 Å². The molecular weight excluding hydrogens is 400 g/mol. The predicted molar refractivity (Wildman–Crippen MR) is 121 cm³/mol. The lowest BCUT2D eigenvalue weighted by atomic mass is 9.89. The van der Waals surface area contributed by atoms with Gasteiger partial charge in [0.2, 0.25) is 5.96 Å². The van der Waals surface area contributed by atoms with Crippen LogP contribution in [0.5, 0.6) is 0 Å². The highest BCUT2D eigenvalue weighted by Crippen LogP contribution is 2.46. The van der Waals surface area contributed by atoms with Crippen molar-refractivity contribution in [3.63, 3.8) is 0 Å². The van der Waals surface area contributed by atoms with Crippen molar-refractivity contribution in [2.75, 3.05) is 13.1 Å². The normalized spacial score (nSPS) is 21.3. The molecule has 30 heavy (non-hydrogen) atoms. The van der Waals surface area contributed by atoms with E-state index in [1.54, 1.807) is 41.5 Å². The quantitative estimate of drug-likeness (QED) is 0.301. The highest BCUT2D eigenvalue weighted by molar-refractivity contribution is 6.30. The van der Waals surface area contributed by atoms with Crippen molar-refractivity contribution in [2.45, 2.75) is 25.6 Å². The molecule has 8 heteroatoms. The Kier molecular flexibility index (Phi) is 6.90. The number of hydrogen-bond acceptors (Lipinski definition) is 5. The standard InChI is InChI=1S/C22H23ClN6O/c1-3-4-13-25-21-27-20(17-7-5-16(2)6-8-17)22(30,29(21)15-14-26-28-24)18-9-11-19(23)12-10-18/h3-13,20,30H,14-15H2,1-2H3/b4-3-,25-13?. The van der Waals surface area contributed by atoms with Crippen molar-refractivity contribution in [3.05, 3.63) is 92.8 Å². The summed E-state index contributed by atoms with van der Waals surface area (Å²) >= 11 is 6.08. The topological polar surface area (TPSA) is 97.0 Å². The van der Waals surface area contributed by atoms with Crippen molar-refractivity contribution in [1.29, 1.82) is 0 Å². The largest absolute Gasteiger partial charge is 0.365 e. The molecule has 2 atom stereocenters. The summed E-state index contributed by atoms with van der Waals surface area (Å²) in [5, 5.41) is 16.3. The van der Waals surface area contributed by atoms with Crippen molar-refractivity contribution in [2.24, 2.45) is 15.1 Å². The van der Waals surface area contributed by atoms with Gasteiger partial charge in [0.05, 0.1) is 0 Å². The fraction of sp³-hybridized carbons (Fsp3) is 0.273. The Bertz CT molecular complexity index is 1010. The van der Waals surface area contributed by atoms with E-state index in [0.717, 1.165) is 11.1 Å². The summed E-state index contributed by atoms with van der Waals surface area (Å²) in [5.74, 6) is 0.365. The number of aliphatic hydroxyl groups is 1. The average molecular weight is 423 g/mol. The molecule has 154 valence electrons. The number of aryl methyl sites for hydroxylation is 1. The second-order valence-corrected chi connectivity index (χ2v) is 7.32. The van der Waals surface area contributed by atoms with Crippen LogP contribution in [0.15, 0.2) is 75.8 Å². The maximum atomic E-state index is 12.1. The average Bonchev–Trinajstić information content (AvgIpc) is 3.02. The molecule has 0 aromatic heterocycles. The summed E-state index contributed by atoms with van der Waals surface area (Å²) in [6.45, 7) is 4.30. The van der Waals surface area contributed by atoms with Crippen LogP contribution >= 0.6 is 11.6 Å². The van der Waals surface area contributed by atoms with Crippen LogP contribution in [0.25, 0.3) is 10.4 Å². The van der Waals surface area contributed by atoms with Crippen LogP contribution in [-0.4, -0.2) is 35.3 Å². The van der Waals surface area contributed by atoms with Gasteiger partial charge < -0.3 is 10.0 Å². The maximum Gasteiger partial charge on any atom is 0.224 e. The molecule has 0 aliphatic carbocycles. The minimum absolute atomic E-state index is 0.158. The van der Waals surface area contributed by atoms with Gasteiger partial charge in [-0.3, -0.25) is 0 Å². The van der Waals surface area contributed by atoms with Crippen molar-refractivity contribution < 1.29 is 5.11 Å². The first-order chi connectivity index (χ1) is 14.5. The number of benzene rings is 2.